The Morgan fingerprint density at radius 1 is 1.19 bits per heavy atom. The van der Waals surface area contributed by atoms with Crippen LogP contribution in [0.2, 0.25) is 0 Å². The SMILES string of the molecule is CC(O)OC(=O)CCCCOC(=O)C(C)O. The number of aliphatic hydroxyl groups excluding tert-OH is 2. The zero-order chi connectivity index (χ0) is 12.6. The Labute approximate surface area is 94.2 Å². The third-order valence-electron chi connectivity index (χ3n) is 1.66. The standard InChI is InChI=1S/C10H18O6/c1-7(11)10(14)15-6-4-3-5-9(13)16-8(2)12/h7-8,11-12H,3-6H2,1-2H3. The lowest BCUT2D eigenvalue weighted by Gasteiger charge is -2.07. The Morgan fingerprint density at radius 3 is 2.31 bits per heavy atom. The van der Waals surface area contributed by atoms with E-state index >= 15 is 0 Å². The number of hydrogen-bond donors (Lipinski definition) is 2. The molecule has 0 saturated carbocycles. The zero-order valence-corrected chi connectivity index (χ0v) is 9.51. The van der Waals surface area contributed by atoms with Crippen LogP contribution in [-0.2, 0) is 19.1 Å². The van der Waals surface area contributed by atoms with Gasteiger partial charge in [-0.25, -0.2) is 4.79 Å². The first-order chi connectivity index (χ1) is 7.43. The van der Waals surface area contributed by atoms with Crippen molar-refractivity contribution in [2.45, 2.75) is 45.5 Å². The number of ether oxygens (including phenoxy) is 2. The lowest BCUT2D eigenvalue weighted by atomic mass is 10.2. The summed E-state index contributed by atoms with van der Waals surface area (Å²) in [5.74, 6) is -1.16. The minimum Gasteiger partial charge on any atom is -0.464 e. The van der Waals surface area contributed by atoms with Crippen molar-refractivity contribution in [3.8, 4) is 0 Å². The van der Waals surface area contributed by atoms with Gasteiger partial charge in [0.15, 0.2) is 6.29 Å². The van der Waals surface area contributed by atoms with E-state index in [1.165, 1.54) is 13.8 Å². The maximum absolute atomic E-state index is 10.9. The van der Waals surface area contributed by atoms with Gasteiger partial charge in [0.05, 0.1) is 6.61 Å². The molecule has 0 saturated heterocycles. The van der Waals surface area contributed by atoms with Crippen molar-refractivity contribution in [2.75, 3.05) is 6.61 Å². The van der Waals surface area contributed by atoms with Crippen LogP contribution in [0.5, 0.6) is 0 Å². The van der Waals surface area contributed by atoms with Crippen LogP contribution in [0, 0.1) is 0 Å². The molecule has 0 aliphatic heterocycles. The molecule has 6 heteroatoms. The summed E-state index contributed by atoms with van der Waals surface area (Å²) in [5, 5.41) is 17.5. The van der Waals surface area contributed by atoms with Crippen LogP contribution in [0.4, 0.5) is 0 Å². The first-order valence-corrected chi connectivity index (χ1v) is 5.15. The summed E-state index contributed by atoms with van der Waals surface area (Å²) < 4.78 is 9.16. The van der Waals surface area contributed by atoms with Gasteiger partial charge in [-0.05, 0) is 26.7 Å². The van der Waals surface area contributed by atoms with Crippen molar-refractivity contribution in [3.05, 3.63) is 0 Å². The van der Waals surface area contributed by atoms with Crippen LogP contribution in [0.15, 0.2) is 0 Å². The minimum atomic E-state index is -1.12. The summed E-state index contributed by atoms with van der Waals surface area (Å²) in [6, 6.07) is 0. The Morgan fingerprint density at radius 2 is 1.81 bits per heavy atom. The summed E-state index contributed by atoms with van der Waals surface area (Å²) in [6.07, 6.45) is -1.05. The normalized spacial score (nSPS) is 14.0. The average Bonchev–Trinajstić information content (AvgIpc) is 2.15. The molecule has 0 aliphatic rings. The fraction of sp³-hybridized carbons (Fsp3) is 0.800. The number of hydrogen-bond acceptors (Lipinski definition) is 6. The monoisotopic (exact) mass is 234 g/mol. The molecule has 0 aromatic carbocycles. The first kappa shape index (κ1) is 14.9. The summed E-state index contributed by atoms with van der Waals surface area (Å²) in [7, 11) is 0. The number of esters is 2. The van der Waals surface area contributed by atoms with Crippen LogP contribution < -0.4 is 0 Å². The lowest BCUT2D eigenvalue weighted by Crippen LogP contribution is -2.20. The van der Waals surface area contributed by atoms with Gasteiger partial charge in [-0.15, -0.1) is 0 Å². The Balaban J connectivity index is 3.40. The van der Waals surface area contributed by atoms with E-state index in [-0.39, 0.29) is 13.0 Å². The van der Waals surface area contributed by atoms with E-state index in [0.717, 1.165) is 0 Å². The average molecular weight is 234 g/mol. The number of rotatable bonds is 7. The summed E-state index contributed by atoms with van der Waals surface area (Å²) in [5.41, 5.74) is 0. The van der Waals surface area contributed by atoms with Gasteiger partial charge in [0.25, 0.3) is 0 Å². The van der Waals surface area contributed by atoms with Crippen LogP contribution in [0.1, 0.15) is 33.1 Å². The molecule has 0 rings (SSSR count). The fourth-order valence-electron chi connectivity index (χ4n) is 0.914. The third kappa shape index (κ3) is 8.19. The molecule has 2 atom stereocenters. The van der Waals surface area contributed by atoms with Gasteiger partial charge in [0.2, 0.25) is 0 Å². The first-order valence-electron chi connectivity index (χ1n) is 5.15. The molecule has 0 bridgehead atoms. The number of aliphatic hydroxyl groups is 2. The summed E-state index contributed by atoms with van der Waals surface area (Å²) >= 11 is 0. The topological polar surface area (TPSA) is 93.1 Å². The molecule has 0 fully saturated rings. The van der Waals surface area contributed by atoms with Gasteiger partial charge in [-0.3, -0.25) is 4.79 Å². The maximum atomic E-state index is 10.9. The Bertz CT molecular complexity index is 223. The second kappa shape index (κ2) is 8.06. The molecule has 16 heavy (non-hydrogen) atoms. The zero-order valence-electron chi connectivity index (χ0n) is 9.51. The maximum Gasteiger partial charge on any atom is 0.334 e. The molecule has 0 aliphatic carbocycles. The van der Waals surface area contributed by atoms with Gasteiger partial charge >= 0.3 is 11.9 Å². The second-order valence-corrected chi connectivity index (χ2v) is 3.39. The van der Waals surface area contributed by atoms with Gasteiger partial charge in [-0.2, -0.15) is 0 Å². The van der Waals surface area contributed by atoms with Crippen LogP contribution in [-0.4, -0.2) is 41.2 Å². The lowest BCUT2D eigenvalue weighted by molar-refractivity contribution is -0.164. The van der Waals surface area contributed by atoms with E-state index in [9.17, 15) is 9.59 Å². The molecular weight excluding hydrogens is 216 g/mol. The summed E-state index contributed by atoms with van der Waals surface area (Å²) in [6.45, 7) is 2.83. The van der Waals surface area contributed by atoms with Crippen molar-refractivity contribution in [1.82, 2.24) is 0 Å². The van der Waals surface area contributed by atoms with Crippen LogP contribution in [0.3, 0.4) is 0 Å². The molecule has 2 N–H and O–H groups in total. The number of carbonyl (C=O) groups is 2. The quantitative estimate of drug-likeness (QED) is 0.365. The van der Waals surface area contributed by atoms with E-state index in [0.29, 0.717) is 12.8 Å². The Hall–Kier alpha value is -1.14. The molecule has 0 aromatic rings. The van der Waals surface area contributed by atoms with Gasteiger partial charge in [0, 0.05) is 6.42 Å². The van der Waals surface area contributed by atoms with E-state index in [1.54, 1.807) is 0 Å². The highest BCUT2D eigenvalue weighted by atomic mass is 16.6. The Kier molecular flexibility index (Phi) is 7.49. The van der Waals surface area contributed by atoms with Gasteiger partial charge in [-0.1, -0.05) is 0 Å². The van der Waals surface area contributed by atoms with E-state index in [2.05, 4.69) is 9.47 Å². The van der Waals surface area contributed by atoms with Crippen molar-refractivity contribution < 1.29 is 29.3 Å². The van der Waals surface area contributed by atoms with Crippen molar-refractivity contribution in [2.24, 2.45) is 0 Å². The van der Waals surface area contributed by atoms with E-state index in [1.807, 2.05) is 0 Å². The second-order valence-electron chi connectivity index (χ2n) is 3.39. The highest BCUT2D eigenvalue weighted by molar-refractivity contribution is 5.73. The summed E-state index contributed by atoms with van der Waals surface area (Å²) in [4.78, 5) is 21.7. The van der Waals surface area contributed by atoms with E-state index in [4.69, 9.17) is 10.2 Å². The van der Waals surface area contributed by atoms with Crippen molar-refractivity contribution >= 4 is 11.9 Å². The molecule has 0 amide bonds. The van der Waals surface area contributed by atoms with Crippen molar-refractivity contribution in [3.63, 3.8) is 0 Å². The van der Waals surface area contributed by atoms with Crippen LogP contribution in [0.25, 0.3) is 0 Å². The molecule has 94 valence electrons. The smallest absolute Gasteiger partial charge is 0.334 e. The molecule has 0 heterocycles. The van der Waals surface area contributed by atoms with Crippen LogP contribution >= 0.6 is 0 Å². The molecule has 6 nitrogen and oxygen atoms in total. The highest BCUT2D eigenvalue weighted by Gasteiger charge is 2.10. The fourth-order valence-corrected chi connectivity index (χ4v) is 0.914. The van der Waals surface area contributed by atoms with Crippen molar-refractivity contribution in [1.29, 1.82) is 0 Å². The van der Waals surface area contributed by atoms with E-state index < -0.39 is 24.3 Å². The number of unbranched alkanes of at least 4 members (excludes halogenated alkanes) is 1. The largest absolute Gasteiger partial charge is 0.464 e. The highest BCUT2D eigenvalue weighted by Crippen LogP contribution is 2.00. The molecule has 0 aromatic heterocycles. The molecule has 2 unspecified atom stereocenters. The van der Waals surface area contributed by atoms with Gasteiger partial charge in [0.1, 0.15) is 6.10 Å². The third-order valence-corrected chi connectivity index (χ3v) is 1.66. The minimum absolute atomic E-state index is 0.158. The molecule has 0 spiro atoms. The molecule has 0 radical (unpaired) electrons. The number of carbonyl (C=O) groups excluding carboxylic acids is 2. The molecular formula is C10H18O6. The predicted molar refractivity (Wildman–Crippen MR) is 54.3 cm³/mol. The predicted octanol–water partition coefficient (Wildman–Crippen LogP) is -0.0378. The van der Waals surface area contributed by atoms with Gasteiger partial charge < -0.3 is 19.7 Å².